The molecule has 5 aliphatic carbocycles. The van der Waals surface area contributed by atoms with Crippen LogP contribution in [0.3, 0.4) is 0 Å². The summed E-state index contributed by atoms with van der Waals surface area (Å²) in [4.78, 5) is 34.7. The maximum Gasteiger partial charge on any atom is 0.244 e. The summed E-state index contributed by atoms with van der Waals surface area (Å²) in [6.45, 7) is 9.98. The minimum atomic E-state index is -0.210. The highest BCUT2D eigenvalue weighted by Gasteiger charge is 2.58. The van der Waals surface area contributed by atoms with E-state index in [4.69, 9.17) is 9.47 Å². The second-order valence-electron chi connectivity index (χ2n) is 25.9. The lowest BCUT2D eigenvalue weighted by Crippen LogP contribution is -2.56. The predicted molar refractivity (Wildman–Crippen MR) is 331 cm³/mol. The number of unbranched alkanes of at least 4 members (excludes halogenated alkanes) is 21. The van der Waals surface area contributed by atoms with Crippen LogP contribution in [0, 0.1) is 47.3 Å². The lowest BCUT2D eigenvalue weighted by Gasteiger charge is -2.62. The lowest BCUT2D eigenvalue weighted by molar-refractivity contribution is -0.121. The van der Waals surface area contributed by atoms with Gasteiger partial charge in [-0.05, 0) is 179 Å². The molecule has 2 aromatic rings. The number of allylic oxidation sites excluding steroid dienone is 1. The third-order valence-electron chi connectivity index (χ3n) is 20.1. The van der Waals surface area contributed by atoms with Gasteiger partial charge in [0.25, 0.3) is 0 Å². The van der Waals surface area contributed by atoms with E-state index in [9.17, 15) is 14.4 Å². The minimum absolute atomic E-state index is 0.0506. The van der Waals surface area contributed by atoms with Crippen molar-refractivity contribution >= 4 is 18.1 Å². The highest BCUT2D eigenvalue weighted by Crippen LogP contribution is 2.65. The molecule has 5 fully saturated rings. The van der Waals surface area contributed by atoms with Crippen molar-refractivity contribution in [3.63, 3.8) is 0 Å². The van der Waals surface area contributed by atoms with Crippen LogP contribution in [0.5, 0.6) is 11.5 Å². The van der Waals surface area contributed by atoms with Crippen LogP contribution in [0.25, 0.3) is 0 Å². The molecule has 0 heterocycles. The summed E-state index contributed by atoms with van der Waals surface area (Å²) < 4.78 is 12.6. The van der Waals surface area contributed by atoms with Crippen LogP contribution in [-0.4, -0.2) is 44.4 Å². The summed E-state index contributed by atoms with van der Waals surface area (Å²) in [5.41, 5.74) is 2.98. The molecule has 7 rings (SSSR count). The number of benzene rings is 2. The molecule has 444 valence electrons. The number of hydrogen-bond donors (Lipinski definition) is 2. The molecule has 79 heavy (non-hydrogen) atoms. The maximum atomic E-state index is 12.7. The number of amides is 2. The molecule has 5 saturated carbocycles. The van der Waals surface area contributed by atoms with Gasteiger partial charge >= 0.3 is 0 Å². The highest BCUT2D eigenvalue weighted by molar-refractivity contribution is 5.90. The summed E-state index contributed by atoms with van der Waals surface area (Å²) in [5.74, 6) is 9.01. The quantitative estimate of drug-likeness (QED) is 0.0392. The number of nitrogens with one attached hydrogen (secondary N) is 2. The van der Waals surface area contributed by atoms with E-state index in [-0.39, 0.29) is 17.2 Å². The van der Waals surface area contributed by atoms with Crippen LogP contribution in [0.2, 0.25) is 0 Å². The molecular formula is C72H116N2O5. The van der Waals surface area contributed by atoms with Crippen molar-refractivity contribution in [3.05, 3.63) is 71.8 Å². The number of hydrogen-bond acceptors (Lipinski definition) is 5. The number of ether oxygens (including phenoxy) is 2. The van der Waals surface area contributed by atoms with Crippen molar-refractivity contribution in [2.45, 2.75) is 277 Å². The summed E-state index contributed by atoms with van der Waals surface area (Å²) in [5, 5.41) is 6.05. The smallest absolute Gasteiger partial charge is 0.244 e. The molecule has 4 bridgehead atoms. The predicted octanol–water partition coefficient (Wildman–Crippen LogP) is 19.0. The highest BCUT2D eigenvalue weighted by atomic mass is 16.5. The van der Waals surface area contributed by atoms with Crippen LogP contribution in [0.1, 0.15) is 282 Å². The topological polar surface area (TPSA) is 93.7 Å². The van der Waals surface area contributed by atoms with Crippen molar-refractivity contribution in [2.75, 3.05) is 26.3 Å². The Kier molecular flexibility index (Phi) is 31.2. The zero-order chi connectivity index (χ0) is 55.6. The van der Waals surface area contributed by atoms with Gasteiger partial charge in [-0.2, -0.15) is 0 Å². The van der Waals surface area contributed by atoms with Gasteiger partial charge in [-0.1, -0.05) is 199 Å². The van der Waals surface area contributed by atoms with Crippen molar-refractivity contribution < 1.29 is 23.9 Å². The fourth-order valence-electron chi connectivity index (χ4n) is 16.1. The van der Waals surface area contributed by atoms with Gasteiger partial charge in [-0.25, -0.2) is 0 Å². The average Bonchev–Trinajstić information content (AvgIpc) is 2.70. The van der Waals surface area contributed by atoms with Gasteiger partial charge in [0.1, 0.15) is 17.8 Å². The first-order chi connectivity index (χ1) is 38.9. The van der Waals surface area contributed by atoms with E-state index in [2.05, 4.69) is 79.9 Å². The molecule has 7 heteroatoms. The van der Waals surface area contributed by atoms with E-state index in [1.807, 2.05) is 0 Å². The van der Waals surface area contributed by atoms with E-state index in [1.165, 1.54) is 203 Å². The van der Waals surface area contributed by atoms with E-state index in [0.717, 1.165) is 124 Å². The zero-order valence-electron chi connectivity index (χ0n) is 50.9. The second kappa shape index (κ2) is 38.2. The van der Waals surface area contributed by atoms with Crippen molar-refractivity contribution in [1.29, 1.82) is 0 Å². The fraction of sp³-hybridized carbons (Fsp3) is 0.764. The van der Waals surface area contributed by atoms with E-state index < -0.39 is 0 Å². The normalized spacial score (nSPS) is 24.2. The molecule has 0 aromatic heterocycles. The Labute approximate surface area is 483 Å². The number of aldehydes is 1. The molecule has 0 aliphatic heterocycles. The number of carbonyl (C=O) groups excluding carboxylic acids is 3. The minimum Gasteiger partial charge on any atom is -0.494 e. The largest absolute Gasteiger partial charge is 0.494 e. The zero-order valence-corrected chi connectivity index (χ0v) is 50.9. The molecule has 0 radical (unpaired) electrons. The molecule has 2 amide bonds. The Morgan fingerprint density at radius 3 is 1.41 bits per heavy atom. The van der Waals surface area contributed by atoms with Crippen LogP contribution in [0.4, 0.5) is 0 Å². The van der Waals surface area contributed by atoms with Gasteiger partial charge < -0.3 is 20.1 Å². The molecule has 2 aromatic carbocycles. The third kappa shape index (κ3) is 21.9. The summed E-state index contributed by atoms with van der Waals surface area (Å²) in [6.07, 6.45) is 53.6. The molecule has 4 unspecified atom stereocenters. The first-order valence-corrected chi connectivity index (χ1v) is 34.0. The maximum absolute atomic E-state index is 12.7. The van der Waals surface area contributed by atoms with Gasteiger partial charge in [-0.3, -0.25) is 14.4 Å². The molecule has 0 saturated heterocycles. The second-order valence-corrected chi connectivity index (χ2v) is 25.9. The van der Waals surface area contributed by atoms with Crippen molar-refractivity contribution in [2.24, 2.45) is 47.3 Å². The Morgan fingerprint density at radius 1 is 0.481 bits per heavy atom. The third-order valence-corrected chi connectivity index (χ3v) is 20.1. The molecule has 5 aliphatic rings. The molecular weight excluding hydrogens is 973 g/mol. The monoisotopic (exact) mass is 1090 g/mol. The SMILES string of the molecule is CCCCCCCCC1C(CCCCCC)CCC(CCCC)C1CCCCCCCC(=O)NCCCCCCCOc1ccc(C2(c3ccc(OCCCCCCCNC(=O)/C=C\C=O)cc3)C3CC4CC(C3)CC2C4)cc1. The first-order valence-electron chi connectivity index (χ1n) is 34.0. The molecule has 7 nitrogen and oxygen atoms in total. The Bertz CT molecular complexity index is 1930. The van der Waals surface area contributed by atoms with E-state index in [0.29, 0.717) is 37.7 Å². The lowest BCUT2D eigenvalue weighted by atomic mass is 9.42. The van der Waals surface area contributed by atoms with Crippen molar-refractivity contribution in [3.8, 4) is 11.5 Å². The van der Waals surface area contributed by atoms with Gasteiger partial charge in [-0.15, -0.1) is 0 Å². The van der Waals surface area contributed by atoms with Crippen LogP contribution >= 0.6 is 0 Å². The summed E-state index contributed by atoms with van der Waals surface area (Å²) in [7, 11) is 0. The fourth-order valence-corrected chi connectivity index (χ4v) is 16.1. The summed E-state index contributed by atoms with van der Waals surface area (Å²) in [6, 6.07) is 18.5. The van der Waals surface area contributed by atoms with Crippen LogP contribution < -0.4 is 20.1 Å². The van der Waals surface area contributed by atoms with Gasteiger partial charge in [0.05, 0.1) is 13.2 Å². The average molecular weight is 1090 g/mol. The van der Waals surface area contributed by atoms with Gasteiger partial charge in [0.15, 0.2) is 0 Å². The summed E-state index contributed by atoms with van der Waals surface area (Å²) >= 11 is 0. The van der Waals surface area contributed by atoms with Crippen molar-refractivity contribution in [1.82, 2.24) is 10.6 Å². The molecule has 4 atom stereocenters. The number of carbonyl (C=O) groups is 3. The Hall–Kier alpha value is -3.61. The Balaban J connectivity index is 0.823. The van der Waals surface area contributed by atoms with Crippen LogP contribution in [0.15, 0.2) is 60.7 Å². The molecule has 2 N–H and O–H groups in total. The first kappa shape index (κ1) is 64.6. The van der Waals surface area contributed by atoms with Gasteiger partial charge in [0, 0.05) is 31.0 Å². The number of rotatable bonds is 45. The standard InChI is InChI=1S/C72H116N2O5/c1-4-7-10-12-16-24-35-69-61(33-23-11-8-5-2)39-38-60(32-9-6-3)68(69)34-25-17-13-18-26-36-70(76)73-48-27-19-14-21-29-51-78-66-44-40-62(41-45-66)72(64-54-58-53-59(56-64)57-65(72)55-58)63-42-46-67(47-43-63)79-52-30-22-15-20-28-49-74-71(77)37-31-50-75/h31,37,40-47,50,58-61,64-65,68-69H,4-30,32-36,38-39,48-49,51-57H2,1-3H3,(H,73,76)(H,74,77)/b37-31-. The van der Waals surface area contributed by atoms with E-state index >= 15 is 0 Å². The van der Waals surface area contributed by atoms with E-state index in [1.54, 1.807) is 0 Å². The molecule has 0 spiro atoms. The van der Waals surface area contributed by atoms with Gasteiger partial charge in [0.2, 0.25) is 11.8 Å². The van der Waals surface area contributed by atoms with Crippen LogP contribution in [-0.2, 0) is 19.8 Å². The Morgan fingerprint density at radius 2 is 0.899 bits per heavy atom.